The van der Waals surface area contributed by atoms with Crippen LogP contribution in [-0.4, -0.2) is 15.6 Å². The summed E-state index contributed by atoms with van der Waals surface area (Å²) in [5.74, 6) is 0. The number of rotatable bonds is 1. The van der Waals surface area contributed by atoms with E-state index in [1.54, 1.807) is 0 Å². The predicted molar refractivity (Wildman–Crippen MR) is 58.9 cm³/mol. The third kappa shape index (κ3) is 1.91. The maximum atomic E-state index is 11.1. The van der Waals surface area contributed by atoms with Crippen molar-refractivity contribution in [2.45, 2.75) is 57.7 Å². The summed E-state index contributed by atoms with van der Waals surface area (Å²) in [4.78, 5) is 22.2. The van der Waals surface area contributed by atoms with Gasteiger partial charge in [0.05, 0.1) is 0 Å². The summed E-state index contributed by atoms with van der Waals surface area (Å²) in [5.41, 5.74) is -0.660. The van der Waals surface area contributed by atoms with Crippen molar-refractivity contribution in [1.29, 1.82) is 0 Å². The molecule has 0 amide bonds. The molecule has 0 aromatic carbocycles. The Bertz CT molecular complexity index is 408. The molecule has 0 aliphatic carbocycles. The van der Waals surface area contributed by atoms with Gasteiger partial charge in [0.2, 0.25) is 0 Å². The molecule has 15 heavy (non-hydrogen) atoms. The Morgan fingerprint density at radius 1 is 1.07 bits per heavy atom. The summed E-state index contributed by atoms with van der Waals surface area (Å²) in [6.45, 7) is 8.44. The zero-order valence-electron chi connectivity index (χ0n) is 9.76. The van der Waals surface area contributed by atoms with Crippen molar-refractivity contribution in [3.05, 3.63) is 20.7 Å². The van der Waals surface area contributed by atoms with Gasteiger partial charge in [-0.25, -0.2) is 0 Å². The fourth-order valence-corrected chi connectivity index (χ4v) is 2.93. The zero-order chi connectivity index (χ0) is 11.4. The molecule has 84 valence electrons. The number of hydrogen-bond acceptors (Lipinski definition) is 3. The first kappa shape index (κ1) is 10.6. The highest BCUT2D eigenvalue weighted by molar-refractivity contribution is 5.03. The molecule has 0 spiro atoms. The molecule has 1 aliphatic rings. The van der Waals surface area contributed by atoms with Crippen molar-refractivity contribution in [2.75, 3.05) is 0 Å². The Balaban J connectivity index is 2.25. The van der Waals surface area contributed by atoms with Gasteiger partial charge in [-0.3, -0.25) is 14.2 Å². The van der Waals surface area contributed by atoms with E-state index in [-0.39, 0.29) is 28.2 Å². The normalized spacial score (nSPS) is 25.9. The Morgan fingerprint density at radius 2 is 1.47 bits per heavy atom. The van der Waals surface area contributed by atoms with Gasteiger partial charge in [0.25, 0.3) is 0 Å². The zero-order valence-corrected chi connectivity index (χ0v) is 9.76. The molecule has 0 saturated carbocycles. The van der Waals surface area contributed by atoms with Crippen molar-refractivity contribution >= 4 is 0 Å². The van der Waals surface area contributed by atoms with E-state index in [1.807, 2.05) is 0 Å². The van der Waals surface area contributed by atoms with Crippen LogP contribution in [-0.2, 0) is 0 Å². The molecule has 1 aromatic rings. The molecule has 0 radical (unpaired) electrons. The van der Waals surface area contributed by atoms with E-state index in [4.69, 9.17) is 0 Å². The number of aromatic nitrogens is 1. The van der Waals surface area contributed by atoms with E-state index in [9.17, 15) is 9.59 Å². The van der Waals surface area contributed by atoms with Crippen molar-refractivity contribution in [2.24, 2.45) is 0 Å². The van der Waals surface area contributed by atoms with Crippen molar-refractivity contribution in [3.8, 4) is 0 Å². The molecule has 0 bridgehead atoms. The van der Waals surface area contributed by atoms with E-state index in [0.29, 0.717) is 0 Å². The van der Waals surface area contributed by atoms with Gasteiger partial charge in [0.1, 0.15) is 0 Å². The Hall–Kier alpha value is -0.900. The molecule has 1 aromatic heterocycles. The lowest BCUT2D eigenvalue weighted by molar-refractivity contribution is 0.136. The smallest absolute Gasteiger partial charge is 0.307 e. The average Bonchev–Trinajstić information content (AvgIpc) is 2.52. The van der Waals surface area contributed by atoms with Crippen LogP contribution in [0.1, 0.15) is 46.6 Å². The van der Waals surface area contributed by atoms with Crippen molar-refractivity contribution in [3.63, 3.8) is 0 Å². The molecule has 2 rings (SSSR count). The predicted octanol–water partition coefficient (Wildman–Crippen LogP) is 0.566. The molecular formula is C11H18N2O2. The molecule has 1 aliphatic heterocycles. The third-order valence-electron chi connectivity index (χ3n) is 3.10. The first-order chi connectivity index (χ1) is 6.72. The molecule has 2 heterocycles. The summed E-state index contributed by atoms with van der Waals surface area (Å²) in [7, 11) is 0. The van der Waals surface area contributed by atoms with E-state index < -0.39 is 0 Å². The van der Waals surface area contributed by atoms with Gasteiger partial charge < -0.3 is 5.32 Å². The van der Waals surface area contributed by atoms with Crippen LogP contribution >= 0.6 is 0 Å². The lowest BCUT2D eigenvalue weighted by Crippen LogP contribution is -2.57. The quantitative estimate of drug-likeness (QED) is 0.689. The minimum Gasteiger partial charge on any atom is -0.307 e. The third-order valence-corrected chi connectivity index (χ3v) is 3.10. The lowest BCUT2D eigenvalue weighted by Gasteiger charge is -2.45. The van der Waals surface area contributed by atoms with E-state index >= 15 is 0 Å². The summed E-state index contributed by atoms with van der Waals surface area (Å²) in [6.07, 6.45) is 1.68. The monoisotopic (exact) mass is 210 g/mol. The summed E-state index contributed by atoms with van der Waals surface area (Å²) in [6, 6.07) is 0.0799. The maximum Gasteiger partial charge on any atom is 0.319 e. The molecule has 4 heteroatoms. The second-order valence-corrected chi connectivity index (χ2v) is 5.94. The fourth-order valence-electron chi connectivity index (χ4n) is 2.93. The largest absolute Gasteiger partial charge is 0.319 e. The van der Waals surface area contributed by atoms with Crippen LogP contribution in [0.3, 0.4) is 0 Å². The van der Waals surface area contributed by atoms with Crippen LogP contribution in [0.4, 0.5) is 0 Å². The first-order valence-electron chi connectivity index (χ1n) is 5.39. The Morgan fingerprint density at radius 3 is 1.80 bits per heavy atom. The summed E-state index contributed by atoms with van der Waals surface area (Å²) < 4.78 is 1.41. The SMILES string of the molecule is CC1(C)CC(n2c(=O)c2=O)CC(C)(C)N1. The van der Waals surface area contributed by atoms with Gasteiger partial charge in [0.15, 0.2) is 0 Å². The van der Waals surface area contributed by atoms with Crippen LogP contribution < -0.4 is 16.4 Å². The Labute approximate surface area is 89.0 Å². The van der Waals surface area contributed by atoms with Crippen LogP contribution in [0.5, 0.6) is 0 Å². The summed E-state index contributed by atoms with van der Waals surface area (Å²) >= 11 is 0. The molecule has 1 saturated heterocycles. The molecule has 1 N–H and O–H groups in total. The first-order valence-corrected chi connectivity index (χ1v) is 5.39. The van der Waals surface area contributed by atoms with E-state index in [1.165, 1.54) is 4.57 Å². The van der Waals surface area contributed by atoms with Gasteiger partial charge in [-0.05, 0) is 40.5 Å². The van der Waals surface area contributed by atoms with Gasteiger partial charge in [-0.15, -0.1) is 0 Å². The van der Waals surface area contributed by atoms with E-state index in [0.717, 1.165) is 12.8 Å². The van der Waals surface area contributed by atoms with Crippen LogP contribution in [0.25, 0.3) is 0 Å². The van der Waals surface area contributed by atoms with Crippen molar-refractivity contribution in [1.82, 2.24) is 9.88 Å². The Kier molecular flexibility index (Phi) is 1.99. The minimum absolute atomic E-state index is 0.0183. The highest BCUT2D eigenvalue weighted by Gasteiger charge is 2.41. The van der Waals surface area contributed by atoms with Gasteiger partial charge in [0, 0.05) is 17.1 Å². The van der Waals surface area contributed by atoms with Gasteiger partial charge in [-0.2, -0.15) is 0 Å². The van der Waals surface area contributed by atoms with Gasteiger partial charge in [-0.1, -0.05) is 0 Å². The van der Waals surface area contributed by atoms with Gasteiger partial charge >= 0.3 is 11.1 Å². The second kappa shape index (κ2) is 2.82. The average molecular weight is 210 g/mol. The number of hydrogen-bond donors (Lipinski definition) is 1. The standard InChI is InChI=1S/C11H18N2O2/c1-10(2)5-7(6-11(3,4)12-10)13-8(14)9(13)15/h7,12H,5-6H2,1-4H3. The molecular weight excluding hydrogens is 192 g/mol. The molecule has 0 atom stereocenters. The van der Waals surface area contributed by atoms with E-state index in [2.05, 4.69) is 33.0 Å². The van der Waals surface area contributed by atoms with Crippen LogP contribution in [0.2, 0.25) is 0 Å². The number of piperidine rings is 1. The number of nitrogens with zero attached hydrogens (tertiary/aromatic N) is 1. The molecule has 1 fully saturated rings. The minimum atomic E-state index is -0.312. The highest BCUT2D eigenvalue weighted by atomic mass is 16.2. The lowest BCUT2D eigenvalue weighted by atomic mass is 9.80. The topological polar surface area (TPSA) is 51.1 Å². The molecule has 0 unspecified atom stereocenters. The van der Waals surface area contributed by atoms with Crippen LogP contribution in [0.15, 0.2) is 9.59 Å². The second-order valence-electron chi connectivity index (χ2n) is 5.94. The van der Waals surface area contributed by atoms with Crippen molar-refractivity contribution < 1.29 is 0 Å². The number of nitrogens with one attached hydrogen (secondary N) is 1. The highest BCUT2D eigenvalue weighted by Crippen LogP contribution is 2.34. The summed E-state index contributed by atoms with van der Waals surface area (Å²) in [5, 5.41) is 3.52. The van der Waals surface area contributed by atoms with Crippen LogP contribution in [0, 0.1) is 0 Å². The molecule has 4 nitrogen and oxygen atoms in total. The fraction of sp³-hybridized carbons (Fsp3) is 0.818. The maximum absolute atomic E-state index is 11.1.